The molecule has 0 saturated carbocycles. The van der Waals surface area contributed by atoms with E-state index in [9.17, 15) is 0 Å². The molecule has 0 aliphatic carbocycles. The van der Waals surface area contributed by atoms with Crippen molar-refractivity contribution in [2.75, 3.05) is 0 Å². The number of rotatable bonds is 9. The van der Waals surface area contributed by atoms with Crippen LogP contribution in [0.5, 0.6) is 0 Å². The molecule has 92 valence electrons. The Bertz CT molecular complexity index is 218. The Labute approximate surface area is 102 Å². The van der Waals surface area contributed by atoms with Gasteiger partial charge in [0.2, 0.25) is 0 Å². The lowest BCUT2D eigenvalue weighted by Gasteiger charge is -1.95. The van der Waals surface area contributed by atoms with Crippen LogP contribution in [0.25, 0.3) is 0 Å². The Hall–Kier alpha value is -0.780. The number of hydrogen-bond acceptors (Lipinski definition) is 0. The molecule has 0 spiro atoms. The highest BCUT2D eigenvalue weighted by atomic mass is 13.9. The minimum Gasteiger partial charge on any atom is -0.0840 e. The highest BCUT2D eigenvalue weighted by Gasteiger charge is 1.86. The molecule has 0 atom stereocenters. The van der Waals surface area contributed by atoms with E-state index in [1.807, 2.05) is 0 Å². The van der Waals surface area contributed by atoms with Crippen molar-refractivity contribution in [1.82, 2.24) is 0 Å². The molecule has 0 rings (SSSR count). The van der Waals surface area contributed by atoms with Crippen LogP contribution in [0, 0.1) is 0 Å². The largest absolute Gasteiger partial charge is 0.0840 e. The lowest BCUT2D eigenvalue weighted by Crippen LogP contribution is -1.75. The summed E-state index contributed by atoms with van der Waals surface area (Å²) >= 11 is 0. The number of hydrogen-bond donors (Lipinski definition) is 0. The zero-order chi connectivity index (χ0) is 12.1. The third-order valence-electron chi connectivity index (χ3n) is 2.63. The minimum atomic E-state index is 1.18. The average molecular weight is 220 g/mol. The maximum Gasteiger partial charge on any atom is -0.0306 e. The summed E-state index contributed by atoms with van der Waals surface area (Å²) in [6, 6.07) is 0. The van der Waals surface area contributed by atoms with Gasteiger partial charge in [-0.3, -0.25) is 0 Å². The molecule has 0 heterocycles. The molecular formula is C16H28. The highest BCUT2D eigenvalue weighted by Crippen LogP contribution is 2.06. The van der Waals surface area contributed by atoms with Gasteiger partial charge in [0.05, 0.1) is 0 Å². The van der Waals surface area contributed by atoms with Gasteiger partial charge in [-0.2, -0.15) is 0 Å². The molecule has 0 N–H and O–H groups in total. The van der Waals surface area contributed by atoms with Gasteiger partial charge in [-0.05, 0) is 31.8 Å². The molecule has 16 heavy (non-hydrogen) atoms. The van der Waals surface area contributed by atoms with E-state index < -0.39 is 0 Å². The molecule has 0 aromatic carbocycles. The lowest BCUT2D eigenvalue weighted by molar-refractivity contribution is 0.674. The topological polar surface area (TPSA) is 0 Å². The van der Waals surface area contributed by atoms with Crippen LogP contribution in [0.15, 0.2) is 36.0 Å². The van der Waals surface area contributed by atoms with Gasteiger partial charge in [-0.1, -0.05) is 69.9 Å². The van der Waals surface area contributed by atoms with Crippen LogP contribution in [0.2, 0.25) is 0 Å². The summed E-state index contributed by atoms with van der Waals surface area (Å²) in [5.41, 5.74) is 1.34. The molecule has 0 nitrogen and oxygen atoms in total. The molecule has 0 bridgehead atoms. The normalized spacial score (nSPS) is 13.1. The van der Waals surface area contributed by atoms with Crippen molar-refractivity contribution in [1.29, 1.82) is 0 Å². The fourth-order valence-corrected chi connectivity index (χ4v) is 1.54. The first-order chi connectivity index (χ1) is 7.85. The predicted molar refractivity (Wildman–Crippen MR) is 75.7 cm³/mol. The van der Waals surface area contributed by atoms with Gasteiger partial charge in [-0.25, -0.2) is 0 Å². The predicted octanol–water partition coefficient (Wildman–Crippen LogP) is 5.82. The van der Waals surface area contributed by atoms with Gasteiger partial charge < -0.3 is 0 Å². The molecule has 0 aliphatic rings. The first-order valence-electron chi connectivity index (χ1n) is 6.84. The smallest absolute Gasteiger partial charge is 0.0306 e. The van der Waals surface area contributed by atoms with E-state index in [0.29, 0.717) is 0 Å². The highest BCUT2D eigenvalue weighted by molar-refractivity contribution is 5.29. The molecule has 0 heteroatoms. The number of unbranched alkanes of at least 4 members (excludes halogenated alkanes) is 5. The van der Waals surface area contributed by atoms with E-state index in [1.54, 1.807) is 0 Å². The van der Waals surface area contributed by atoms with Crippen LogP contribution in [0.3, 0.4) is 0 Å². The maximum atomic E-state index is 2.31. The van der Waals surface area contributed by atoms with Crippen molar-refractivity contribution in [3.05, 3.63) is 36.0 Å². The minimum absolute atomic E-state index is 1.18. The van der Waals surface area contributed by atoms with Crippen molar-refractivity contribution in [3.8, 4) is 0 Å². The van der Waals surface area contributed by atoms with Crippen molar-refractivity contribution in [2.45, 2.75) is 65.7 Å². The second kappa shape index (κ2) is 12.3. The Morgan fingerprint density at radius 1 is 0.812 bits per heavy atom. The standard InChI is InChI=1S/C16H28/c1-4-7-9-10-11-13-15-16(6-3)14-12-8-5-2/h6,12-15H,4-5,7-11H2,1-3H3. The SMILES string of the molecule is CC=C(C=CCCC)C=CCCCCCC. The summed E-state index contributed by atoms with van der Waals surface area (Å²) < 4.78 is 0. The van der Waals surface area contributed by atoms with Crippen molar-refractivity contribution >= 4 is 0 Å². The summed E-state index contributed by atoms with van der Waals surface area (Å²) in [7, 11) is 0. The third-order valence-corrected chi connectivity index (χ3v) is 2.63. The van der Waals surface area contributed by atoms with Gasteiger partial charge in [-0.15, -0.1) is 0 Å². The lowest BCUT2D eigenvalue weighted by atomic mass is 10.1. The quantitative estimate of drug-likeness (QED) is 0.339. The second-order valence-electron chi connectivity index (χ2n) is 4.23. The first-order valence-corrected chi connectivity index (χ1v) is 6.84. The van der Waals surface area contributed by atoms with E-state index >= 15 is 0 Å². The molecule has 0 fully saturated rings. The monoisotopic (exact) mass is 220 g/mol. The maximum absolute atomic E-state index is 2.31. The number of allylic oxidation sites excluding steroid dienone is 6. The molecule has 0 aromatic rings. The zero-order valence-corrected chi connectivity index (χ0v) is 11.3. The third kappa shape index (κ3) is 9.76. The van der Waals surface area contributed by atoms with Gasteiger partial charge in [0, 0.05) is 0 Å². The zero-order valence-electron chi connectivity index (χ0n) is 11.3. The van der Waals surface area contributed by atoms with E-state index in [4.69, 9.17) is 0 Å². The van der Waals surface area contributed by atoms with Crippen LogP contribution in [0.1, 0.15) is 65.7 Å². The summed E-state index contributed by atoms with van der Waals surface area (Å²) in [5.74, 6) is 0. The van der Waals surface area contributed by atoms with Crippen LogP contribution < -0.4 is 0 Å². The van der Waals surface area contributed by atoms with E-state index in [0.717, 1.165) is 0 Å². The van der Waals surface area contributed by atoms with Gasteiger partial charge in [0.25, 0.3) is 0 Å². The molecule has 0 aromatic heterocycles. The summed E-state index contributed by atoms with van der Waals surface area (Å²) in [6.07, 6.45) is 20.3. The molecule has 0 radical (unpaired) electrons. The van der Waals surface area contributed by atoms with Crippen molar-refractivity contribution in [3.63, 3.8) is 0 Å². The van der Waals surface area contributed by atoms with E-state index in [-0.39, 0.29) is 0 Å². The van der Waals surface area contributed by atoms with Crippen LogP contribution in [-0.2, 0) is 0 Å². The first kappa shape index (κ1) is 15.2. The average Bonchev–Trinajstić information content (AvgIpc) is 2.31. The summed E-state index contributed by atoms with van der Waals surface area (Å²) in [5, 5.41) is 0. The van der Waals surface area contributed by atoms with Gasteiger partial charge >= 0.3 is 0 Å². The Balaban J connectivity index is 3.72. The Kier molecular flexibility index (Phi) is 11.7. The molecule has 0 unspecified atom stereocenters. The van der Waals surface area contributed by atoms with Crippen LogP contribution >= 0.6 is 0 Å². The second-order valence-corrected chi connectivity index (χ2v) is 4.23. The Morgan fingerprint density at radius 3 is 2.06 bits per heavy atom. The molecule has 0 aliphatic heterocycles. The molecule has 0 saturated heterocycles. The summed E-state index contributed by atoms with van der Waals surface area (Å²) in [4.78, 5) is 0. The van der Waals surface area contributed by atoms with E-state index in [2.05, 4.69) is 51.2 Å². The molecule has 0 amide bonds. The fraction of sp³-hybridized carbons (Fsp3) is 0.625. The fourth-order valence-electron chi connectivity index (χ4n) is 1.54. The van der Waals surface area contributed by atoms with Crippen molar-refractivity contribution in [2.24, 2.45) is 0 Å². The van der Waals surface area contributed by atoms with Gasteiger partial charge in [0.15, 0.2) is 0 Å². The van der Waals surface area contributed by atoms with Gasteiger partial charge in [0.1, 0.15) is 0 Å². The van der Waals surface area contributed by atoms with E-state index in [1.165, 1.54) is 50.5 Å². The molecular weight excluding hydrogens is 192 g/mol. The van der Waals surface area contributed by atoms with Crippen molar-refractivity contribution < 1.29 is 0 Å². The van der Waals surface area contributed by atoms with Crippen LogP contribution in [-0.4, -0.2) is 0 Å². The Morgan fingerprint density at radius 2 is 1.50 bits per heavy atom. The van der Waals surface area contributed by atoms with Crippen LogP contribution in [0.4, 0.5) is 0 Å². The summed E-state index contributed by atoms with van der Waals surface area (Å²) in [6.45, 7) is 6.57.